The molecule has 0 aliphatic carbocycles. The summed E-state index contributed by atoms with van der Waals surface area (Å²) in [4.78, 5) is 62.6. The van der Waals surface area contributed by atoms with E-state index in [0.29, 0.717) is 24.7 Å². The van der Waals surface area contributed by atoms with Crippen LogP contribution in [0.25, 0.3) is 0 Å². The maximum Gasteiger partial charge on any atom is 0.278 e. The summed E-state index contributed by atoms with van der Waals surface area (Å²) in [7, 11) is -1.65. The van der Waals surface area contributed by atoms with Gasteiger partial charge in [0.2, 0.25) is 5.43 Å². The minimum atomic E-state index is -3.34. The van der Waals surface area contributed by atoms with Crippen molar-refractivity contribution in [3.05, 3.63) is 99.0 Å². The Hall–Kier alpha value is -4.03. The molecule has 0 saturated carbocycles. The van der Waals surface area contributed by atoms with E-state index in [0.717, 1.165) is 6.07 Å². The lowest BCUT2D eigenvalue weighted by molar-refractivity contribution is 0.0220. The molecule has 0 bridgehead atoms. The summed E-state index contributed by atoms with van der Waals surface area (Å²) in [5, 5.41) is 4.20. The van der Waals surface area contributed by atoms with Gasteiger partial charge in [0.05, 0.1) is 13.2 Å². The zero-order valence-electron chi connectivity index (χ0n) is 24.0. The van der Waals surface area contributed by atoms with Crippen molar-refractivity contribution >= 4 is 25.5 Å². The van der Waals surface area contributed by atoms with Gasteiger partial charge in [-0.05, 0) is 18.1 Å². The third-order valence-electron chi connectivity index (χ3n) is 7.83. The van der Waals surface area contributed by atoms with Crippen molar-refractivity contribution in [3.8, 4) is 5.75 Å². The van der Waals surface area contributed by atoms with E-state index in [1.807, 2.05) is 6.07 Å². The lowest BCUT2D eigenvalue weighted by Gasteiger charge is -2.52. The smallest absolute Gasteiger partial charge is 0.278 e. The monoisotopic (exact) mass is 630 g/mol. The summed E-state index contributed by atoms with van der Waals surface area (Å²) < 4.78 is 40.7. The molecule has 1 unspecified atom stereocenters. The van der Waals surface area contributed by atoms with Crippen LogP contribution in [0.4, 0.5) is 8.78 Å². The molecule has 1 fully saturated rings. The van der Waals surface area contributed by atoms with E-state index < -0.39 is 41.9 Å². The number of nitrogens with zero attached hydrogens (tertiary/aromatic N) is 3. The van der Waals surface area contributed by atoms with E-state index in [1.165, 1.54) is 21.8 Å². The first-order chi connectivity index (χ1) is 20.9. The SMILES string of the molecule is C=P(O)(O)CCCN1C(=O)c2c(OCc3ccccc3)c(=O)c(C(=O)NCc3ccc(F)cc3F)cn2N(C)C12CCOC2. The van der Waals surface area contributed by atoms with E-state index in [2.05, 4.69) is 11.6 Å². The Morgan fingerprint density at radius 1 is 1.18 bits per heavy atom. The summed E-state index contributed by atoms with van der Waals surface area (Å²) in [6.45, 7) is 0.171. The normalized spacial score (nSPS) is 18.1. The fraction of sp³-hybridized carbons (Fsp3) is 0.333. The quantitative estimate of drug-likeness (QED) is 0.291. The van der Waals surface area contributed by atoms with Crippen LogP contribution >= 0.6 is 7.34 Å². The predicted molar refractivity (Wildman–Crippen MR) is 160 cm³/mol. The van der Waals surface area contributed by atoms with Gasteiger partial charge in [-0.2, -0.15) is 0 Å². The molecule has 2 aliphatic rings. The molecular formula is C30H33F2N4O7P. The largest absolute Gasteiger partial charge is 0.482 e. The Morgan fingerprint density at radius 3 is 2.59 bits per heavy atom. The van der Waals surface area contributed by atoms with Gasteiger partial charge in [0, 0.05) is 50.5 Å². The van der Waals surface area contributed by atoms with Gasteiger partial charge in [0.15, 0.2) is 17.1 Å². The summed E-state index contributed by atoms with van der Waals surface area (Å²) in [5.74, 6) is -3.38. The van der Waals surface area contributed by atoms with Gasteiger partial charge in [-0.1, -0.05) is 42.7 Å². The number of benzene rings is 2. The molecule has 3 heterocycles. The maximum absolute atomic E-state index is 14.2. The second-order valence-corrected chi connectivity index (χ2v) is 13.0. The highest BCUT2D eigenvalue weighted by Crippen LogP contribution is 2.38. The molecule has 0 radical (unpaired) electrons. The Balaban J connectivity index is 1.56. The van der Waals surface area contributed by atoms with Crippen molar-refractivity contribution in [2.24, 2.45) is 0 Å². The molecule has 5 rings (SSSR count). The first-order valence-corrected chi connectivity index (χ1v) is 16.0. The number of carbonyl (C=O) groups is 2. The van der Waals surface area contributed by atoms with Crippen LogP contribution < -0.4 is 20.5 Å². The number of hydrogen-bond donors (Lipinski definition) is 3. The molecule has 1 aromatic heterocycles. The topological polar surface area (TPSA) is 134 Å². The Labute approximate surface area is 252 Å². The third-order valence-corrected chi connectivity index (χ3v) is 8.86. The first-order valence-electron chi connectivity index (χ1n) is 13.9. The molecule has 2 aliphatic heterocycles. The van der Waals surface area contributed by atoms with Crippen molar-refractivity contribution in [3.63, 3.8) is 0 Å². The standard InChI is InChI=1S/C30H33F2N4O7P/c1-34-30(11-13-42-19-30)35(12-6-14-44(2,40)41)29(39)25-27(43-18-20-7-4-3-5-8-20)26(37)23(17-36(25)34)28(38)33-16-21-9-10-22(31)15-24(21)32/h3-5,7-10,15,17,40-41H,2,6,11-14,16,18-19H2,1H3,(H,33,38). The summed E-state index contributed by atoms with van der Waals surface area (Å²) in [6.07, 6.45) is 5.27. The second kappa shape index (κ2) is 12.5. The number of rotatable bonds is 10. The molecule has 1 saturated heterocycles. The zero-order valence-corrected chi connectivity index (χ0v) is 24.9. The number of hydrogen-bond acceptors (Lipinski definition) is 8. The van der Waals surface area contributed by atoms with E-state index in [9.17, 15) is 33.0 Å². The van der Waals surface area contributed by atoms with Gasteiger partial charge >= 0.3 is 0 Å². The lowest BCUT2D eigenvalue weighted by atomic mass is 10.0. The van der Waals surface area contributed by atoms with Gasteiger partial charge in [0.1, 0.15) is 31.1 Å². The fourth-order valence-corrected chi connectivity index (χ4v) is 6.12. The Kier molecular flexibility index (Phi) is 8.94. The molecule has 14 heteroatoms. The number of aromatic nitrogens is 1. The van der Waals surface area contributed by atoms with Crippen LogP contribution in [0.5, 0.6) is 5.75 Å². The van der Waals surface area contributed by atoms with Crippen molar-refractivity contribution < 1.29 is 37.6 Å². The van der Waals surface area contributed by atoms with Crippen LogP contribution in [-0.4, -0.2) is 76.1 Å². The van der Waals surface area contributed by atoms with E-state index >= 15 is 0 Å². The lowest BCUT2D eigenvalue weighted by Crippen LogP contribution is -2.70. The van der Waals surface area contributed by atoms with E-state index in [-0.39, 0.29) is 61.5 Å². The predicted octanol–water partition coefficient (Wildman–Crippen LogP) is 2.43. The fourth-order valence-electron chi connectivity index (χ4n) is 5.47. The van der Waals surface area contributed by atoms with Crippen LogP contribution in [-0.2, 0) is 17.9 Å². The third kappa shape index (κ3) is 6.27. The number of ether oxygens (including phenoxy) is 2. The molecule has 3 N–H and O–H groups in total. The molecule has 11 nitrogen and oxygen atoms in total. The van der Waals surface area contributed by atoms with Gasteiger partial charge in [-0.15, -0.1) is 0 Å². The van der Waals surface area contributed by atoms with Crippen molar-refractivity contribution in [1.29, 1.82) is 0 Å². The van der Waals surface area contributed by atoms with Crippen LogP contribution in [0.3, 0.4) is 0 Å². The molecule has 1 atom stereocenters. The number of nitrogens with one attached hydrogen (secondary N) is 1. The summed E-state index contributed by atoms with van der Waals surface area (Å²) in [5.41, 5.74) is -1.60. The number of pyridine rings is 1. The summed E-state index contributed by atoms with van der Waals surface area (Å²) >= 11 is 0. The highest BCUT2D eigenvalue weighted by Gasteiger charge is 2.52. The Morgan fingerprint density at radius 2 is 1.93 bits per heavy atom. The van der Waals surface area contributed by atoms with Crippen molar-refractivity contribution in [2.45, 2.75) is 31.7 Å². The zero-order chi connectivity index (χ0) is 31.6. The van der Waals surface area contributed by atoms with Gasteiger partial charge in [0.25, 0.3) is 11.8 Å². The average molecular weight is 631 g/mol. The second-order valence-electron chi connectivity index (χ2n) is 10.8. The van der Waals surface area contributed by atoms with Gasteiger partial charge < -0.3 is 29.5 Å². The number of halogens is 2. The van der Waals surface area contributed by atoms with Crippen LogP contribution in [0.1, 0.15) is 44.8 Å². The molecule has 234 valence electrons. The highest BCUT2D eigenvalue weighted by molar-refractivity contribution is 7.62. The molecule has 2 amide bonds. The molecule has 2 aromatic carbocycles. The van der Waals surface area contributed by atoms with E-state index in [1.54, 1.807) is 36.3 Å². The Bertz CT molecular complexity index is 1670. The van der Waals surface area contributed by atoms with Gasteiger partial charge in [-0.25, -0.2) is 8.78 Å². The van der Waals surface area contributed by atoms with E-state index in [4.69, 9.17) is 9.47 Å². The number of likely N-dealkylation sites (N-methyl/N-ethyl adjacent to an activating group) is 1. The summed E-state index contributed by atoms with van der Waals surface area (Å²) in [6, 6.07) is 11.9. The molecule has 44 heavy (non-hydrogen) atoms. The number of amides is 2. The highest BCUT2D eigenvalue weighted by atomic mass is 31.2. The minimum Gasteiger partial charge on any atom is -0.482 e. The van der Waals surface area contributed by atoms with Crippen molar-refractivity contribution in [2.75, 3.05) is 38.0 Å². The first kappa shape index (κ1) is 31.4. The number of fused-ring (bicyclic) bond motifs is 1. The molecule has 3 aromatic rings. The minimum absolute atomic E-state index is 0.00460. The number of carbonyl (C=O) groups excluding carboxylic acids is 2. The average Bonchev–Trinajstić information content (AvgIpc) is 3.47. The molecule has 1 spiro atoms. The maximum atomic E-state index is 14.2. The van der Waals surface area contributed by atoms with Crippen LogP contribution in [0.15, 0.2) is 59.5 Å². The van der Waals surface area contributed by atoms with Crippen molar-refractivity contribution in [1.82, 2.24) is 14.9 Å². The van der Waals surface area contributed by atoms with Crippen LogP contribution in [0.2, 0.25) is 0 Å². The molecular weight excluding hydrogens is 597 g/mol. The van der Waals surface area contributed by atoms with Gasteiger partial charge in [-0.3, -0.25) is 24.1 Å². The van der Waals surface area contributed by atoms with Crippen LogP contribution in [0, 0.1) is 11.6 Å².